The number of para-hydroxylation sites is 1. The van der Waals surface area contributed by atoms with E-state index in [0.29, 0.717) is 25.7 Å². The van der Waals surface area contributed by atoms with Crippen LogP contribution in [0, 0.1) is 31.6 Å². The first-order valence-corrected chi connectivity index (χ1v) is 17.8. The fourth-order valence-electron chi connectivity index (χ4n) is 8.28. The van der Waals surface area contributed by atoms with Crippen molar-refractivity contribution in [1.29, 1.82) is 0 Å². The molecule has 3 heterocycles. The van der Waals surface area contributed by atoms with Crippen LogP contribution >= 0.6 is 0 Å². The molecule has 0 saturated carbocycles. The lowest BCUT2D eigenvalue weighted by Crippen LogP contribution is -2.60. The van der Waals surface area contributed by atoms with Crippen LogP contribution in [0.2, 0.25) is 0 Å². The van der Waals surface area contributed by atoms with Crippen LogP contribution < -0.4 is 10.2 Å². The van der Waals surface area contributed by atoms with Gasteiger partial charge >= 0.3 is 5.97 Å². The summed E-state index contributed by atoms with van der Waals surface area (Å²) >= 11 is 0. The molecule has 3 aliphatic heterocycles. The summed E-state index contributed by atoms with van der Waals surface area (Å²) in [6, 6.07) is 12.6. The van der Waals surface area contributed by atoms with E-state index < -0.39 is 53.5 Å². The Morgan fingerprint density at radius 1 is 1.12 bits per heavy atom. The van der Waals surface area contributed by atoms with Crippen molar-refractivity contribution in [3.63, 3.8) is 0 Å². The van der Waals surface area contributed by atoms with Crippen molar-refractivity contribution >= 4 is 29.4 Å². The van der Waals surface area contributed by atoms with E-state index in [9.17, 15) is 19.5 Å². The Kier molecular flexibility index (Phi) is 11.6. The number of carbonyl (C=O) groups excluding carboxylic acids is 4. The minimum absolute atomic E-state index is 0.0894. The van der Waals surface area contributed by atoms with E-state index in [2.05, 4.69) is 18.5 Å². The Morgan fingerprint density at radius 3 is 2.44 bits per heavy atom. The lowest BCUT2D eigenvalue weighted by atomic mass is 9.70. The summed E-state index contributed by atoms with van der Waals surface area (Å²) in [6.07, 6.45) is 4.94. The van der Waals surface area contributed by atoms with Gasteiger partial charge < -0.3 is 29.7 Å². The predicted octanol–water partition coefficient (Wildman–Crippen LogP) is 4.97. The molecular formula is C40H51N3O7. The molecule has 2 aromatic rings. The molecule has 268 valence electrons. The average molecular weight is 686 g/mol. The zero-order chi connectivity index (χ0) is 36.2. The average Bonchev–Trinajstić information content (AvgIpc) is 3.76. The van der Waals surface area contributed by atoms with Gasteiger partial charge in [0.2, 0.25) is 11.8 Å². The number of fused-ring (bicyclic) bond motifs is 1. The smallest absolute Gasteiger partial charge is 0.306 e. The van der Waals surface area contributed by atoms with E-state index >= 15 is 4.79 Å². The van der Waals surface area contributed by atoms with Crippen molar-refractivity contribution in [2.45, 2.75) is 89.6 Å². The molecule has 5 rings (SSSR count). The van der Waals surface area contributed by atoms with Crippen LogP contribution in [0.3, 0.4) is 0 Å². The highest BCUT2D eigenvalue weighted by Crippen LogP contribution is 2.59. The molecule has 2 aromatic carbocycles. The summed E-state index contributed by atoms with van der Waals surface area (Å²) in [4.78, 5) is 59.9. The first-order chi connectivity index (χ1) is 24.0. The Labute approximate surface area is 295 Å². The molecule has 0 aliphatic carbocycles. The molecule has 2 bridgehead atoms. The van der Waals surface area contributed by atoms with Crippen molar-refractivity contribution < 1.29 is 33.8 Å². The lowest BCUT2D eigenvalue weighted by molar-refractivity contribution is -0.147. The number of amides is 3. The van der Waals surface area contributed by atoms with Gasteiger partial charge in [0.05, 0.1) is 36.6 Å². The second-order valence-corrected chi connectivity index (χ2v) is 13.9. The number of aliphatic hydroxyl groups excluding tert-OH is 1. The van der Waals surface area contributed by atoms with Crippen LogP contribution in [0.5, 0.6) is 0 Å². The third-order valence-electron chi connectivity index (χ3n) is 10.9. The van der Waals surface area contributed by atoms with Crippen LogP contribution in [0.25, 0.3) is 0 Å². The Bertz CT molecular complexity index is 1570. The molecule has 0 radical (unpaired) electrons. The third-order valence-corrected chi connectivity index (χ3v) is 10.9. The maximum Gasteiger partial charge on any atom is 0.306 e. The van der Waals surface area contributed by atoms with Crippen LogP contribution in [0.4, 0.5) is 5.69 Å². The molecule has 3 amide bonds. The van der Waals surface area contributed by atoms with Gasteiger partial charge in [-0.15, -0.1) is 13.2 Å². The van der Waals surface area contributed by atoms with E-state index in [0.717, 1.165) is 22.4 Å². The van der Waals surface area contributed by atoms with Gasteiger partial charge in [0.15, 0.2) is 0 Å². The first-order valence-electron chi connectivity index (χ1n) is 17.8. The topological polar surface area (TPSA) is 125 Å². The number of nitrogens with zero attached hydrogens (tertiary/aromatic N) is 2. The number of carbonyl (C=O) groups is 4. The van der Waals surface area contributed by atoms with E-state index in [4.69, 9.17) is 9.47 Å². The number of benzene rings is 2. The Morgan fingerprint density at radius 2 is 1.82 bits per heavy atom. The molecule has 3 fully saturated rings. The number of hydrogen-bond acceptors (Lipinski definition) is 7. The number of anilines is 1. The highest BCUT2D eigenvalue weighted by molar-refractivity contribution is 6.05. The number of aryl methyl sites for hydroxylation is 2. The maximum atomic E-state index is 15.1. The molecule has 50 heavy (non-hydrogen) atoms. The van der Waals surface area contributed by atoms with Crippen LogP contribution in [0.15, 0.2) is 73.8 Å². The van der Waals surface area contributed by atoms with Crippen LogP contribution in [-0.4, -0.2) is 77.2 Å². The van der Waals surface area contributed by atoms with E-state index in [1.54, 1.807) is 22.0 Å². The molecule has 0 unspecified atom stereocenters. The molecule has 10 heteroatoms. The normalized spacial score (nSPS) is 25.4. The van der Waals surface area contributed by atoms with Gasteiger partial charge in [-0.05, 0) is 55.7 Å². The van der Waals surface area contributed by atoms with Crippen LogP contribution in [-0.2, 0) is 28.7 Å². The fraction of sp³-hybridized carbons (Fsp3) is 0.500. The van der Waals surface area contributed by atoms with Gasteiger partial charge in [0.1, 0.15) is 18.2 Å². The molecule has 0 aromatic heterocycles. The van der Waals surface area contributed by atoms with Gasteiger partial charge in [-0.25, -0.2) is 0 Å². The fourth-order valence-corrected chi connectivity index (χ4v) is 8.28. The Balaban J connectivity index is 1.53. The molecule has 3 aliphatic rings. The number of ether oxygens (including phenoxy) is 2. The number of allylic oxidation sites excluding steroid dienone is 1. The van der Waals surface area contributed by atoms with Gasteiger partial charge in [-0.3, -0.25) is 19.2 Å². The summed E-state index contributed by atoms with van der Waals surface area (Å²) in [7, 11) is 0. The molecule has 3 saturated heterocycles. The minimum atomic E-state index is -1.27. The number of hydrogen-bond donors (Lipinski definition) is 2. The van der Waals surface area contributed by atoms with E-state index in [1.807, 2.05) is 76.2 Å². The summed E-state index contributed by atoms with van der Waals surface area (Å²) < 4.78 is 12.3. The van der Waals surface area contributed by atoms with Gasteiger partial charge in [0, 0.05) is 18.7 Å². The first kappa shape index (κ1) is 37.0. The number of nitrogens with one attached hydrogen (secondary N) is 1. The third kappa shape index (κ3) is 6.75. The molecule has 2 N–H and O–H groups in total. The minimum Gasteiger partial charge on any atom is -0.463 e. The molecule has 8 atom stereocenters. The van der Waals surface area contributed by atoms with Crippen molar-refractivity contribution in [1.82, 2.24) is 10.2 Å². The number of esters is 1. The van der Waals surface area contributed by atoms with Crippen molar-refractivity contribution in [2.75, 3.05) is 24.7 Å². The molecule has 10 nitrogen and oxygen atoms in total. The molecule has 1 spiro atoms. The quantitative estimate of drug-likeness (QED) is 0.189. The Hall–Kier alpha value is -4.28. The SMILES string of the molecule is C=CCCC(=O)OC[C@H](NC(=O)[C@@H]1[C@H]2C(=O)N([C@@H](CO)[C@@H](C)CC)[C@H](C(=O)N(CC=C)c3c(C)cccc3C)[C@]23CC[C@H]1O3)c1ccccc1. The number of rotatable bonds is 16. The molecular weight excluding hydrogens is 634 g/mol. The van der Waals surface area contributed by atoms with Gasteiger partial charge in [-0.2, -0.15) is 0 Å². The van der Waals surface area contributed by atoms with Crippen molar-refractivity contribution in [3.8, 4) is 0 Å². The number of likely N-dealkylation sites (tertiary alicyclic amines) is 1. The summed E-state index contributed by atoms with van der Waals surface area (Å²) in [5.74, 6) is -3.45. The van der Waals surface area contributed by atoms with Gasteiger partial charge in [0.25, 0.3) is 5.91 Å². The number of aliphatic hydroxyl groups is 1. The monoisotopic (exact) mass is 685 g/mol. The maximum absolute atomic E-state index is 15.1. The van der Waals surface area contributed by atoms with E-state index in [-0.39, 0.29) is 43.9 Å². The zero-order valence-electron chi connectivity index (χ0n) is 29.7. The predicted molar refractivity (Wildman–Crippen MR) is 191 cm³/mol. The van der Waals surface area contributed by atoms with E-state index in [1.165, 1.54) is 0 Å². The largest absolute Gasteiger partial charge is 0.463 e. The zero-order valence-corrected chi connectivity index (χ0v) is 29.7. The van der Waals surface area contributed by atoms with Crippen molar-refractivity contribution in [2.24, 2.45) is 17.8 Å². The second-order valence-electron chi connectivity index (χ2n) is 13.9. The highest BCUT2D eigenvalue weighted by atomic mass is 16.5. The standard InChI is InChI=1S/C40H51N3O7/c1-7-10-19-32(45)49-24-29(28-17-12-11-13-18-28)41-37(46)33-31-20-21-40(50-31)34(33)38(47)43(30(23-44)25(4)9-3)36(40)39(48)42(22-8-2)35-26(5)15-14-16-27(35)6/h7-8,11-18,25,29-31,33-34,36,44H,1-2,9-10,19-24H2,3-6H3,(H,41,46)/t25-,29-,30-,31+,33-,34-,36+,40-/m0/s1. The second kappa shape index (κ2) is 15.7. The summed E-state index contributed by atoms with van der Waals surface area (Å²) in [5, 5.41) is 13.8. The summed E-state index contributed by atoms with van der Waals surface area (Å²) in [5.41, 5.74) is 2.02. The summed E-state index contributed by atoms with van der Waals surface area (Å²) in [6.45, 7) is 15.2. The lowest BCUT2D eigenvalue weighted by Gasteiger charge is -2.41. The van der Waals surface area contributed by atoms with Crippen LogP contribution in [0.1, 0.15) is 68.7 Å². The highest BCUT2D eigenvalue weighted by Gasteiger charge is 2.75. The van der Waals surface area contributed by atoms with Crippen molar-refractivity contribution in [3.05, 3.63) is 90.5 Å². The van der Waals surface area contributed by atoms with Gasteiger partial charge in [-0.1, -0.05) is 81.0 Å².